The number of nitrogens with one attached hydrogen (secondary N) is 1. The first-order valence-electron chi connectivity index (χ1n) is 12.6. The average molecular weight is 523 g/mol. The lowest BCUT2D eigenvalue weighted by Gasteiger charge is -2.25. The van der Waals surface area contributed by atoms with Crippen molar-refractivity contribution in [3.63, 3.8) is 0 Å². The molecule has 0 aliphatic carbocycles. The van der Waals surface area contributed by atoms with E-state index in [2.05, 4.69) is 10.2 Å². The van der Waals surface area contributed by atoms with Gasteiger partial charge in [0.1, 0.15) is 0 Å². The van der Waals surface area contributed by atoms with Gasteiger partial charge in [0.25, 0.3) is 0 Å². The van der Waals surface area contributed by atoms with Gasteiger partial charge in [-0.15, -0.1) is 0 Å². The second-order valence-corrected chi connectivity index (χ2v) is 11.4. The lowest BCUT2D eigenvalue weighted by Crippen LogP contribution is -2.25. The van der Waals surface area contributed by atoms with Gasteiger partial charge in [-0.1, -0.05) is 70.2 Å². The molecule has 0 spiro atoms. The number of thiol groups is 1. The zero-order valence-electron chi connectivity index (χ0n) is 22.5. The fourth-order valence-electron chi connectivity index (χ4n) is 4.59. The van der Waals surface area contributed by atoms with Crippen molar-refractivity contribution in [2.24, 2.45) is 0 Å². The van der Waals surface area contributed by atoms with Gasteiger partial charge in [-0.05, 0) is 83.1 Å². The molecule has 0 heterocycles. The summed E-state index contributed by atoms with van der Waals surface area (Å²) >= 11 is 0. The number of carbonyl (C=O) groups excluding carboxylic acids is 1. The van der Waals surface area contributed by atoms with Gasteiger partial charge in [-0.2, -0.15) is 0 Å². The molecule has 0 aromatic heterocycles. The van der Waals surface area contributed by atoms with E-state index in [0.29, 0.717) is 11.3 Å². The Bertz CT molecular complexity index is 1270. The van der Waals surface area contributed by atoms with Crippen LogP contribution in [0.5, 0.6) is 0 Å². The number of benzene rings is 3. The second kappa shape index (κ2) is 12.5. The Balaban J connectivity index is 2.09. The molecule has 0 bridgehead atoms. The largest absolute Gasteiger partial charge is 0.392 e. The Morgan fingerprint density at radius 2 is 1.46 bits per heavy atom. The standard InChI is InChI=1S/C30H38N2O4S/c1-19(2)26-15-24(23-9-7-8-22(14-23)18-33)16-27(20(3)4)28(26)29(37(35)36)30(34)31-25-12-10-21(11-13-25)17-32(5)6/h7-16,19-20,29,33,37H,17-18H2,1-6H3,(H,31,34). The van der Waals surface area contributed by atoms with Crippen molar-refractivity contribution >= 4 is 22.3 Å². The van der Waals surface area contributed by atoms with Crippen LogP contribution < -0.4 is 5.32 Å². The van der Waals surface area contributed by atoms with Gasteiger partial charge in [0.2, 0.25) is 5.91 Å². The molecule has 0 saturated carbocycles. The quantitative estimate of drug-likeness (QED) is 0.309. The fourth-order valence-corrected chi connectivity index (χ4v) is 5.35. The molecule has 0 fully saturated rings. The normalized spacial score (nSPS) is 12.5. The number of rotatable bonds is 10. The molecule has 0 radical (unpaired) electrons. The molecule has 0 saturated heterocycles. The third-order valence-corrected chi connectivity index (χ3v) is 7.30. The number of amides is 1. The zero-order chi connectivity index (χ0) is 27.3. The monoisotopic (exact) mass is 522 g/mol. The van der Waals surface area contributed by atoms with Crippen LogP contribution >= 0.6 is 0 Å². The summed E-state index contributed by atoms with van der Waals surface area (Å²) < 4.78 is 25.3. The van der Waals surface area contributed by atoms with E-state index in [0.717, 1.165) is 39.9 Å². The minimum absolute atomic E-state index is 0.0101. The Labute approximate surface area is 222 Å². The highest BCUT2D eigenvalue weighted by Gasteiger charge is 2.31. The second-order valence-electron chi connectivity index (χ2n) is 10.3. The van der Waals surface area contributed by atoms with Gasteiger partial charge in [0, 0.05) is 12.2 Å². The van der Waals surface area contributed by atoms with Crippen molar-refractivity contribution in [2.45, 2.75) is 57.9 Å². The Kier molecular flexibility index (Phi) is 9.65. The van der Waals surface area contributed by atoms with E-state index in [1.165, 1.54) is 0 Å². The van der Waals surface area contributed by atoms with Gasteiger partial charge in [-0.3, -0.25) is 4.79 Å². The Morgan fingerprint density at radius 1 is 0.865 bits per heavy atom. The summed E-state index contributed by atoms with van der Waals surface area (Å²) in [4.78, 5) is 15.5. The van der Waals surface area contributed by atoms with Crippen LogP contribution in [0.25, 0.3) is 11.1 Å². The zero-order valence-corrected chi connectivity index (χ0v) is 23.4. The fraction of sp³-hybridized carbons (Fsp3) is 0.367. The minimum atomic E-state index is -3.10. The third-order valence-electron chi connectivity index (χ3n) is 6.38. The van der Waals surface area contributed by atoms with Crippen molar-refractivity contribution < 1.29 is 18.3 Å². The number of hydrogen-bond acceptors (Lipinski definition) is 5. The van der Waals surface area contributed by atoms with Crippen LogP contribution in [0.1, 0.15) is 72.6 Å². The Hall–Kier alpha value is -3.00. The van der Waals surface area contributed by atoms with E-state index in [4.69, 9.17) is 0 Å². The molecule has 0 aliphatic rings. The molecule has 37 heavy (non-hydrogen) atoms. The van der Waals surface area contributed by atoms with E-state index in [9.17, 15) is 18.3 Å². The highest BCUT2D eigenvalue weighted by atomic mass is 32.2. The van der Waals surface area contributed by atoms with E-state index in [1.54, 1.807) is 12.1 Å². The maximum atomic E-state index is 13.5. The van der Waals surface area contributed by atoms with Crippen LogP contribution in [-0.4, -0.2) is 38.4 Å². The van der Waals surface area contributed by atoms with E-state index in [-0.39, 0.29) is 18.4 Å². The summed E-state index contributed by atoms with van der Waals surface area (Å²) in [5.41, 5.74) is 6.55. The molecule has 1 unspecified atom stereocenters. The van der Waals surface area contributed by atoms with Crippen LogP contribution in [0, 0.1) is 0 Å². The summed E-state index contributed by atoms with van der Waals surface area (Å²) in [5.74, 6) is -0.580. The topological polar surface area (TPSA) is 86.7 Å². The molecule has 1 atom stereocenters. The molecular formula is C30H38N2O4S. The van der Waals surface area contributed by atoms with E-state index in [1.807, 2.05) is 90.3 Å². The maximum absolute atomic E-state index is 13.5. The highest BCUT2D eigenvalue weighted by Crippen LogP contribution is 2.38. The van der Waals surface area contributed by atoms with Crippen LogP contribution in [0.15, 0.2) is 60.7 Å². The van der Waals surface area contributed by atoms with Gasteiger partial charge in [0.15, 0.2) is 16.0 Å². The van der Waals surface area contributed by atoms with Gasteiger partial charge in [-0.25, -0.2) is 8.42 Å². The molecular weight excluding hydrogens is 484 g/mol. The number of hydrogen-bond donors (Lipinski definition) is 3. The molecule has 3 rings (SSSR count). The lowest BCUT2D eigenvalue weighted by atomic mass is 9.83. The first-order chi connectivity index (χ1) is 17.5. The van der Waals surface area contributed by atoms with Crippen LogP contribution in [0.4, 0.5) is 5.69 Å². The maximum Gasteiger partial charge on any atom is 0.247 e. The number of carbonyl (C=O) groups is 1. The summed E-state index contributed by atoms with van der Waals surface area (Å²) in [7, 11) is 0.870. The van der Waals surface area contributed by atoms with Gasteiger partial charge >= 0.3 is 0 Å². The van der Waals surface area contributed by atoms with Crippen molar-refractivity contribution in [2.75, 3.05) is 19.4 Å². The molecule has 0 aliphatic heterocycles. The van der Waals surface area contributed by atoms with Crippen molar-refractivity contribution in [3.05, 3.63) is 88.5 Å². The summed E-state index contributed by atoms with van der Waals surface area (Å²) in [6.45, 7) is 8.74. The predicted octanol–water partition coefficient (Wildman–Crippen LogP) is 5.45. The van der Waals surface area contributed by atoms with Crippen LogP contribution in [-0.2, 0) is 28.7 Å². The highest BCUT2D eigenvalue weighted by molar-refractivity contribution is 7.73. The number of aliphatic hydroxyl groups excluding tert-OH is 1. The van der Waals surface area contributed by atoms with E-state index >= 15 is 0 Å². The predicted molar refractivity (Wildman–Crippen MR) is 151 cm³/mol. The minimum Gasteiger partial charge on any atom is -0.392 e. The smallest absolute Gasteiger partial charge is 0.247 e. The summed E-state index contributed by atoms with van der Waals surface area (Å²) in [5, 5.41) is 11.1. The molecule has 1 amide bonds. The van der Waals surface area contributed by atoms with Crippen LogP contribution in [0.3, 0.4) is 0 Å². The molecule has 7 heteroatoms. The molecule has 3 aromatic rings. The lowest BCUT2D eigenvalue weighted by molar-refractivity contribution is -0.115. The SMILES string of the molecule is CC(C)c1cc(-c2cccc(CO)c2)cc(C(C)C)c1C(C(=O)Nc1ccc(CN(C)C)cc1)[SH](=O)=O. The summed E-state index contributed by atoms with van der Waals surface area (Å²) in [6, 6.07) is 19.1. The average Bonchev–Trinajstić information content (AvgIpc) is 2.84. The van der Waals surface area contributed by atoms with Gasteiger partial charge in [0.05, 0.1) is 6.61 Å². The first kappa shape index (κ1) is 28.6. The molecule has 198 valence electrons. The summed E-state index contributed by atoms with van der Waals surface area (Å²) in [6.07, 6.45) is 0. The van der Waals surface area contributed by atoms with Crippen molar-refractivity contribution in [1.29, 1.82) is 0 Å². The number of nitrogens with zero attached hydrogens (tertiary/aromatic N) is 1. The number of aliphatic hydroxyl groups is 1. The van der Waals surface area contributed by atoms with Crippen LogP contribution in [0.2, 0.25) is 0 Å². The first-order valence-corrected chi connectivity index (χ1v) is 13.8. The Morgan fingerprint density at radius 3 is 1.95 bits per heavy atom. The molecule has 6 nitrogen and oxygen atoms in total. The van der Waals surface area contributed by atoms with Crippen molar-refractivity contribution in [1.82, 2.24) is 4.90 Å². The van der Waals surface area contributed by atoms with Gasteiger partial charge < -0.3 is 15.3 Å². The molecule has 2 N–H and O–H groups in total. The van der Waals surface area contributed by atoms with Crippen molar-refractivity contribution in [3.8, 4) is 11.1 Å². The van der Waals surface area contributed by atoms with E-state index < -0.39 is 21.9 Å². The third kappa shape index (κ3) is 7.06. The molecule has 3 aromatic carbocycles. The number of anilines is 1.